The van der Waals surface area contributed by atoms with Gasteiger partial charge in [-0.15, -0.1) is 0 Å². The number of sulfonamides is 1. The van der Waals surface area contributed by atoms with Gasteiger partial charge in [-0.25, -0.2) is 12.8 Å². The van der Waals surface area contributed by atoms with E-state index in [9.17, 15) is 12.8 Å². The molecule has 3 rings (SSSR count). The number of aromatic nitrogens is 3. The van der Waals surface area contributed by atoms with Crippen LogP contribution in [0, 0.1) is 26.6 Å². The van der Waals surface area contributed by atoms with Crippen molar-refractivity contribution in [1.29, 1.82) is 0 Å². The molecule has 0 spiro atoms. The molecule has 132 valence electrons. The summed E-state index contributed by atoms with van der Waals surface area (Å²) < 4.78 is 47.7. The maximum absolute atomic E-state index is 14.0. The first-order valence-electron chi connectivity index (χ1n) is 7.17. The van der Waals surface area contributed by atoms with Crippen molar-refractivity contribution in [1.82, 2.24) is 15.1 Å². The molecule has 10 heteroatoms. The lowest BCUT2D eigenvalue weighted by Gasteiger charge is -2.10. The number of hydrogen-bond acceptors (Lipinski definition) is 5. The molecule has 0 saturated carbocycles. The topological polar surface area (TPSA) is 101 Å². The summed E-state index contributed by atoms with van der Waals surface area (Å²) in [5, 5.41) is 3.69. The number of anilines is 1. The number of H-pyrrole nitrogens is 1. The number of rotatable bonds is 4. The number of halogens is 2. The third-order valence-electron chi connectivity index (χ3n) is 3.50. The smallest absolute Gasteiger partial charge is 0.264 e. The highest BCUT2D eigenvalue weighted by Gasteiger charge is 2.29. The van der Waals surface area contributed by atoms with Crippen LogP contribution < -0.4 is 4.72 Å². The summed E-state index contributed by atoms with van der Waals surface area (Å²) >= 11 is 3.13. The largest absolute Gasteiger partial charge is 0.361 e. The first-order chi connectivity index (χ1) is 11.7. The van der Waals surface area contributed by atoms with Gasteiger partial charge in [-0.05, 0) is 39.0 Å². The maximum Gasteiger partial charge on any atom is 0.264 e. The fourth-order valence-electron chi connectivity index (χ4n) is 2.52. The molecule has 0 aliphatic carbocycles. The summed E-state index contributed by atoms with van der Waals surface area (Å²) in [5.74, 6) is -0.238. The van der Waals surface area contributed by atoms with Gasteiger partial charge in [0.2, 0.25) is 0 Å². The number of aromatic amines is 1. The Morgan fingerprint density at radius 2 is 1.96 bits per heavy atom. The van der Waals surface area contributed by atoms with Crippen LogP contribution in [0.4, 0.5) is 10.1 Å². The van der Waals surface area contributed by atoms with Crippen molar-refractivity contribution in [2.75, 3.05) is 4.72 Å². The van der Waals surface area contributed by atoms with E-state index < -0.39 is 15.8 Å². The van der Waals surface area contributed by atoms with E-state index in [1.54, 1.807) is 26.8 Å². The van der Waals surface area contributed by atoms with Crippen LogP contribution in [0.15, 0.2) is 32.1 Å². The highest BCUT2D eigenvalue weighted by atomic mass is 79.9. The summed E-state index contributed by atoms with van der Waals surface area (Å²) in [5.41, 5.74) is 1.04. The third kappa shape index (κ3) is 3.31. The molecule has 3 aromatic rings. The second-order valence-electron chi connectivity index (χ2n) is 5.46. The Balaban J connectivity index is 2.12. The molecule has 2 N–H and O–H groups in total. The average Bonchev–Trinajstić information content (AvgIpc) is 3.05. The lowest BCUT2D eigenvalue weighted by Crippen LogP contribution is -2.15. The fraction of sp³-hybridized carbons (Fsp3) is 0.200. The van der Waals surface area contributed by atoms with Crippen LogP contribution >= 0.6 is 15.9 Å². The molecule has 2 aromatic heterocycles. The van der Waals surface area contributed by atoms with Gasteiger partial charge in [0.05, 0.1) is 11.3 Å². The van der Waals surface area contributed by atoms with Crippen molar-refractivity contribution < 1.29 is 17.3 Å². The minimum atomic E-state index is -4.09. The predicted octanol–water partition coefficient (Wildman–Crippen LogP) is 3.69. The molecule has 0 bridgehead atoms. The lowest BCUT2D eigenvalue weighted by molar-refractivity contribution is 0.424. The molecule has 2 heterocycles. The molecule has 0 saturated heterocycles. The van der Waals surface area contributed by atoms with Crippen molar-refractivity contribution in [3.63, 3.8) is 0 Å². The molecule has 25 heavy (non-hydrogen) atoms. The zero-order valence-electron chi connectivity index (χ0n) is 13.5. The minimum Gasteiger partial charge on any atom is -0.361 e. The Hall–Kier alpha value is -2.20. The number of nitrogens with zero attached hydrogens (tertiary/aromatic N) is 2. The zero-order valence-corrected chi connectivity index (χ0v) is 15.9. The van der Waals surface area contributed by atoms with E-state index in [0.29, 0.717) is 21.7 Å². The van der Waals surface area contributed by atoms with Gasteiger partial charge in [-0.1, -0.05) is 21.1 Å². The molecule has 0 radical (unpaired) electrons. The Kier molecular flexibility index (Phi) is 4.41. The van der Waals surface area contributed by atoms with E-state index >= 15 is 0 Å². The number of nitrogens with one attached hydrogen (secondary N) is 2. The monoisotopic (exact) mass is 428 g/mol. The van der Waals surface area contributed by atoms with Gasteiger partial charge in [-0.2, -0.15) is 4.98 Å². The summed E-state index contributed by atoms with van der Waals surface area (Å²) in [6.07, 6.45) is 0. The van der Waals surface area contributed by atoms with E-state index in [2.05, 4.69) is 35.8 Å². The van der Waals surface area contributed by atoms with Crippen LogP contribution in [-0.2, 0) is 10.0 Å². The predicted molar refractivity (Wildman–Crippen MR) is 93.2 cm³/mol. The van der Waals surface area contributed by atoms with Gasteiger partial charge in [0.25, 0.3) is 15.9 Å². The van der Waals surface area contributed by atoms with Crippen LogP contribution in [0.25, 0.3) is 11.5 Å². The molecule has 0 aliphatic heterocycles. The van der Waals surface area contributed by atoms with E-state index in [1.807, 2.05) is 0 Å². The van der Waals surface area contributed by atoms with Crippen molar-refractivity contribution >= 4 is 31.6 Å². The molecular weight excluding hydrogens is 415 g/mol. The van der Waals surface area contributed by atoms with E-state index in [0.717, 1.165) is 0 Å². The molecule has 1 aromatic carbocycles. The van der Waals surface area contributed by atoms with Crippen molar-refractivity contribution in [2.24, 2.45) is 0 Å². The highest BCUT2D eigenvalue weighted by molar-refractivity contribution is 9.10. The minimum absolute atomic E-state index is 0.0593. The first kappa shape index (κ1) is 17.6. The van der Waals surface area contributed by atoms with Gasteiger partial charge in [0.1, 0.15) is 10.7 Å². The zero-order chi connectivity index (χ0) is 18.4. The molecule has 0 aliphatic rings. The summed E-state index contributed by atoms with van der Waals surface area (Å²) in [6.45, 7) is 4.93. The van der Waals surface area contributed by atoms with Crippen molar-refractivity contribution in [2.45, 2.75) is 25.7 Å². The SMILES string of the molecule is Cc1noc(-c2c(C)[nH]c(C)c2S(=O)(=O)Nc2ccc(Br)cc2F)n1. The number of hydrogen-bond donors (Lipinski definition) is 2. The second kappa shape index (κ2) is 6.26. The Morgan fingerprint density at radius 1 is 1.24 bits per heavy atom. The van der Waals surface area contributed by atoms with Gasteiger partial charge >= 0.3 is 0 Å². The third-order valence-corrected chi connectivity index (χ3v) is 5.53. The highest BCUT2D eigenvalue weighted by Crippen LogP contribution is 2.34. The van der Waals surface area contributed by atoms with Gasteiger partial charge in [0, 0.05) is 15.9 Å². The summed E-state index contributed by atoms with van der Waals surface area (Å²) in [7, 11) is -4.09. The first-order valence-corrected chi connectivity index (χ1v) is 9.44. The Labute approximate surface area is 151 Å². The van der Waals surface area contributed by atoms with Crippen molar-refractivity contribution in [3.8, 4) is 11.5 Å². The lowest BCUT2D eigenvalue weighted by atomic mass is 10.2. The van der Waals surface area contributed by atoms with Gasteiger partial charge < -0.3 is 9.51 Å². The Morgan fingerprint density at radius 3 is 2.56 bits per heavy atom. The number of aryl methyl sites for hydroxylation is 3. The van der Waals surface area contributed by atoms with Crippen LogP contribution in [0.2, 0.25) is 0 Å². The fourth-order valence-corrected chi connectivity index (χ4v) is 4.37. The molecule has 7 nitrogen and oxygen atoms in total. The normalized spacial score (nSPS) is 11.7. The second-order valence-corrected chi connectivity index (χ2v) is 7.99. The van der Waals surface area contributed by atoms with Crippen molar-refractivity contribution in [3.05, 3.63) is 45.7 Å². The summed E-state index contributed by atoms with van der Waals surface area (Å²) in [4.78, 5) is 6.99. The van der Waals surface area contributed by atoms with Gasteiger partial charge in [0.15, 0.2) is 5.82 Å². The van der Waals surface area contributed by atoms with Crippen LogP contribution in [-0.4, -0.2) is 23.5 Å². The molecular formula is C15H14BrFN4O3S. The maximum atomic E-state index is 14.0. The molecule has 0 unspecified atom stereocenters. The van der Waals surface area contributed by atoms with E-state index in [1.165, 1.54) is 12.1 Å². The van der Waals surface area contributed by atoms with E-state index in [-0.39, 0.29) is 22.0 Å². The van der Waals surface area contributed by atoms with Crippen LogP contribution in [0.5, 0.6) is 0 Å². The standard InChI is InChI=1S/C15H14BrFN4O3S/c1-7-13(15-19-9(3)20-24-15)14(8(2)18-7)25(22,23)21-12-5-4-10(16)6-11(12)17/h4-6,18,21H,1-3H3. The van der Waals surface area contributed by atoms with Crippen LogP contribution in [0.3, 0.4) is 0 Å². The molecule has 0 atom stereocenters. The Bertz CT molecular complexity index is 1060. The van der Waals surface area contributed by atoms with E-state index in [4.69, 9.17) is 4.52 Å². The quantitative estimate of drug-likeness (QED) is 0.659. The van der Waals surface area contributed by atoms with Gasteiger partial charge in [-0.3, -0.25) is 4.72 Å². The number of benzene rings is 1. The molecule has 0 amide bonds. The molecule has 0 fully saturated rings. The van der Waals surface area contributed by atoms with Crippen LogP contribution in [0.1, 0.15) is 17.2 Å². The summed E-state index contributed by atoms with van der Waals surface area (Å²) in [6, 6.07) is 4.05. The average molecular weight is 429 g/mol.